The fraction of sp³-hybridized carbons (Fsp3) is 0.667. The van der Waals surface area contributed by atoms with E-state index in [1.165, 1.54) is 24.1 Å². The molecule has 2 heterocycles. The van der Waals surface area contributed by atoms with Gasteiger partial charge in [-0.2, -0.15) is 0 Å². The van der Waals surface area contributed by atoms with E-state index in [4.69, 9.17) is 9.73 Å². The fourth-order valence-electron chi connectivity index (χ4n) is 4.16. The van der Waals surface area contributed by atoms with Crippen LogP contribution >= 0.6 is 24.0 Å². The highest BCUT2D eigenvalue weighted by atomic mass is 127. The van der Waals surface area contributed by atoms with E-state index in [1.807, 2.05) is 0 Å². The number of para-hydroxylation sites is 1. The highest BCUT2D eigenvalue weighted by Gasteiger charge is 2.42. The Balaban J connectivity index is 0.00000261. The first-order valence-electron chi connectivity index (χ1n) is 10.1. The molecule has 1 spiro atoms. The molecule has 2 aliphatic rings. The molecule has 0 saturated carbocycles. The number of likely N-dealkylation sites (N-methyl/N-ethyl adjacent to an activating group) is 1. The molecule has 1 atom stereocenters. The predicted octanol–water partition coefficient (Wildman–Crippen LogP) is 3.52. The molecule has 0 aromatic heterocycles. The van der Waals surface area contributed by atoms with Crippen molar-refractivity contribution in [3.05, 3.63) is 29.8 Å². The van der Waals surface area contributed by atoms with Gasteiger partial charge in [0.1, 0.15) is 0 Å². The SMILES string of the molecule is CCNC(=NCCN(CC)c1ccccc1C)N1CCC2(CCOC2)C1.I. The van der Waals surface area contributed by atoms with Crippen molar-refractivity contribution in [1.82, 2.24) is 10.2 Å². The number of aliphatic imine (C=N–C) groups is 1. The molecule has 5 nitrogen and oxygen atoms in total. The lowest BCUT2D eigenvalue weighted by Gasteiger charge is -2.26. The van der Waals surface area contributed by atoms with Gasteiger partial charge in [-0.05, 0) is 45.2 Å². The Bertz CT molecular complexity index is 616. The van der Waals surface area contributed by atoms with Crippen molar-refractivity contribution < 1.29 is 4.74 Å². The number of benzene rings is 1. The first kappa shape index (κ1) is 22.3. The second-order valence-corrected chi connectivity index (χ2v) is 7.58. The van der Waals surface area contributed by atoms with Crippen LogP contribution in [0.4, 0.5) is 5.69 Å². The van der Waals surface area contributed by atoms with Crippen molar-refractivity contribution in [2.45, 2.75) is 33.6 Å². The Morgan fingerprint density at radius 3 is 2.78 bits per heavy atom. The number of guanidine groups is 1. The first-order chi connectivity index (χ1) is 12.7. The minimum atomic E-state index is 0. The van der Waals surface area contributed by atoms with E-state index in [-0.39, 0.29) is 24.0 Å². The third kappa shape index (κ3) is 5.50. The summed E-state index contributed by atoms with van der Waals surface area (Å²) in [7, 11) is 0. The monoisotopic (exact) mass is 486 g/mol. The Kier molecular flexibility index (Phi) is 8.66. The van der Waals surface area contributed by atoms with Crippen LogP contribution in [0.1, 0.15) is 32.3 Å². The number of ether oxygens (including phenoxy) is 1. The average molecular weight is 486 g/mol. The van der Waals surface area contributed by atoms with Crippen molar-refractivity contribution in [2.24, 2.45) is 10.4 Å². The predicted molar refractivity (Wildman–Crippen MR) is 125 cm³/mol. The number of nitrogens with zero attached hydrogens (tertiary/aromatic N) is 3. The van der Waals surface area contributed by atoms with Crippen LogP contribution in [-0.4, -0.2) is 63.3 Å². The number of aryl methyl sites for hydroxylation is 1. The highest BCUT2D eigenvalue weighted by Crippen LogP contribution is 2.38. The van der Waals surface area contributed by atoms with E-state index in [2.05, 4.69) is 60.2 Å². The molecule has 1 N–H and O–H groups in total. The van der Waals surface area contributed by atoms with E-state index >= 15 is 0 Å². The molecule has 0 amide bonds. The summed E-state index contributed by atoms with van der Waals surface area (Å²) in [6.07, 6.45) is 2.42. The summed E-state index contributed by atoms with van der Waals surface area (Å²) in [5.41, 5.74) is 3.01. The molecule has 152 valence electrons. The summed E-state index contributed by atoms with van der Waals surface area (Å²) in [5.74, 6) is 1.07. The van der Waals surface area contributed by atoms with Crippen LogP contribution in [-0.2, 0) is 4.74 Å². The molecule has 0 radical (unpaired) electrons. The van der Waals surface area contributed by atoms with Crippen LogP contribution in [0.15, 0.2) is 29.3 Å². The summed E-state index contributed by atoms with van der Waals surface area (Å²) < 4.78 is 5.66. The minimum absolute atomic E-state index is 0. The molecule has 0 bridgehead atoms. The van der Waals surface area contributed by atoms with Crippen molar-refractivity contribution >= 4 is 35.6 Å². The first-order valence-corrected chi connectivity index (χ1v) is 10.1. The van der Waals surface area contributed by atoms with Gasteiger partial charge in [0.25, 0.3) is 0 Å². The lowest BCUT2D eigenvalue weighted by molar-refractivity contribution is 0.156. The molecular formula is C21H35IN4O. The summed E-state index contributed by atoms with van der Waals surface area (Å²) in [4.78, 5) is 9.79. The van der Waals surface area contributed by atoms with Crippen molar-refractivity contribution in [3.63, 3.8) is 0 Å². The number of likely N-dealkylation sites (tertiary alicyclic amines) is 1. The molecule has 27 heavy (non-hydrogen) atoms. The van der Waals surface area contributed by atoms with Gasteiger partial charge in [-0.15, -0.1) is 24.0 Å². The van der Waals surface area contributed by atoms with E-state index < -0.39 is 0 Å². The molecule has 1 aromatic rings. The van der Waals surface area contributed by atoms with Crippen molar-refractivity contribution in [1.29, 1.82) is 0 Å². The zero-order chi connectivity index (χ0) is 18.4. The molecule has 3 rings (SSSR count). The van der Waals surface area contributed by atoms with Gasteiger partial charge < -0.3 is 19.9 Å². The maximum absolute atomic E-state index is 5.66. The van der Waals surface area contributed by atoms with Gasteiger partial charge in [0.15, 0.2) is 5.96 Å². The molecular weight excluding hydrogens is 451 g/mol. The summed E-state index contributed by atoms with van der Waals surface area (Å²) >= 11 is 0. The van der Waals surface area contributed by atoms with Crippen LogP contribution in [0.5, 0.6) is 0 Å². The maximum atomic E-state index is 5.66. The van der Waals surface area contributed by atoms with E-state index in [9.17, 15) is 0 Å². The molecule has 2 saturated heterocycles. The van der Waals surface area contributed by atoms with Gasteiger partial charge in [0.05, 0.1) is 13.2 Å². The molecule has 0 aliphatic carbocycles. The van der Waals surface area contributed by atoms with Crippen LogP contribution in [0.3, 0.4) is 0 Å². The Hall–Kier alpha value is -1.02. The van der Waals surface area contributed by atoms with Crippen LogP contribution < -0.4 is 10.2 Å². The summed E-state index contributed by atoms with van der Waals surface area (Å²) in [5, 5.41) is 3.49. The zero-order valence-electron chi connectivity index (χ0n) is 17.0. The fourth-order valence-corrected chi connectivity index (χ4v) is 4.16. The van der Waals surface area contributed by atoms with Crippen LogP contribution in [0.25, 0.3) is 0 Å². The Morgan fingerprint density at radius 2 is 2.11 bits per heavy atom. The number of rotatable bonds is 6. The number of hydrogen-bond donors (Lipinski definition) is 1. The number of halogens is 1. The third-order valence-electron chi connectivity index (χ3n) is 5.73. The maximum Gasteiger partial charge on any atom is 0.193 e. The summed E-state index contributed by atoms with van der Waals surface area (Å²) in [6, 6.07) is 8.60. The third-order valence-corrected chi connectivity index (χ3v) is 5.73. The normalized spacial score (nSPS) is 22.2. The minimum Gasteiger partial charge on any atom is -0.381 e. The van der Waals surface area contributed by atoms with Gasteiger partial charge in [-0.25, -0.2) is 0 Å². The quantitative estimate of drug-likeness (QED) is 0.380. The second-order valence-electron chi connectivity index (χ2n) is 7.58. The standard InChI is InChI=1S/C21H34N4O.HI/c1-4-22-20(25-13-10-21(16-25)11-15-26-17-21)23-12-14-24(5-2)19-9-7-6-8-18(19)3;/h6-9H,4-5,10-17H2,1-3H3,(H,22,23);1H. The van der Waals surface area contributed by atoms with Crippen LogP contribution in [0, 0.1) is 12.3 Å². The Morgan fingerprint density at radius 1 is 1.30 bits per heavy atom. The molecule has 2 aliphatic heterocycles. The average Bonchev–Trinajstić information content (AvgIpc) is 3.29. The van der Waals surface area contributed by atoms with Gasteiger partial charge in [0, 0.05) is 50.4 Å². The van der Waals surface area contributed by atoms with E-state index in [0.717, 1.165) is 58.4 Å². The van der Waals surface area contributed by atoms with Crippen molar-refractivity contribution in [2.75, 3.05) is 57.4 Å². The van der Waals surface area contributed by atoms with Gasteiger partial charge in [-0.1, -0.05) is 18.2 Å². The Labute approximate surface area is 181 Å². The number of hydrogen-bond acceptors (Lipinski definition) is 3. The van der Waals surface area contributed by atoms with Gasteiger partial charge >= 0.3 is 0 Å². The summed E-state index contributed by atoms with van der Waals surface area (Å²) in [6.45, 7) is 14.2. The lowest BCUT2D eigenvalue weighted by atomic mass is 9.87. The molecule has 1 aromatic carbocycles. The lowest BCUT2D eigenvalue weighted by Crippen LogP contribution is -2.42. The highest BCUT2D eigenvalue weighted by molar-refractivity contribution is 14.0. The van der Waals surface area contributed by atoms with Crippen LogP contribution in [0.2, 0.25) is 0 Å². The number of nitrogens with one attached hydrogen (secondary N) is 1. The number of anilines is 1. The molecule has 2 fully saturated rings. The van der Waals surface area contributed by atoms with E-state index in [1.54, 1.807) is 0 Å². The largest absolute Gasteiger partial charge is 0.381 e. The van der Waals surface area contributed by atoms with E-state index in [0.29, 0.717) is 5.41 Å². The van der Waals surface area contributed by atoms with Crippen molar-refractivity contribution in [3.8, 4) is 0 Å². The smallest absolute Gasteiger partial charge is 0.193 e. The zero-order valence-corrected chi connectivity index (χ0v) is 19.4. The van der Waals surface area contributed by atoms with Gasteiger partial charge in [0.2, 0.25) is 0 Å². The second kappa shape index (κ2) is 10.5. The topological polar surface area (TPSA) is 40.1 Å². The van der Waals surface area contributed by atoms with Gasteiger partial charge in [-0.3, -0.25) is 4.99 Å². The molecule has 6 heteroatoms. The molecule has 1 unspecified atom stereocenters.